The van der Waals surface area contributed by atoms with Gasteiger partial charge >= 0.3 is 0 Å². The Morgan fingerprint density at radius 3 is 2.41 bits per heavy atom. The van der Waals surface area contributed by atoms with E-state index in [1.54, 1.807) is 0 Å². The lowest BCUT2D eigenvalue weighted by Crippen LogP contribution is -2.47. The molecule has 0 amide bonds. The fourth-order valence-corrected chi connectivity index (χ4v) is 3.02. The van der Waals surface area contributed by atoms with Gasteiger partial charge in [-0.15, -0.1) is 0 Å². The van der Waals surface area contributed by atoms with Crippen molar-refractivity contribution in [1.82, 2.24) is 24.6 Å². The summed E-state index contributed by atoms with van der Waals surface area (Å²) in [5.41, 5.74) is 0. The van der Waals surface area contributed by atoms with Crippen LogP contribution in [0, 0.1) is 0 Å². The van der Waals surface area contributed by atoms with Gasteiger partial charge in [0.05, 0.1) is 10.7 Å². The number of aromatic nitrogens is 4. The standard InChI is InChI=1S/C15H21BrN6/c16-14-12-19-22(13-14)7-2-1-6-20-8-10-21(11-9-20)15-17-4-3-5-18-15/h3-5,12-13H,1-2,6-11H2. The summed E-state index contributed by atoms with van der Waals surface area (Å²) in [7, 11) is 0. The Morgan fingerprint density at radius 1 is 1.00 bits per heavy atom. The highest BCUT2D eigenvalue weighted by Gasteiger charge is 2.17. The average molecular weight is 365 g/mol. The Labute approximate surface area is 139 Å². The molecule has 1 saturated heterocycles. The van der Waals surface area contributed by atoms with Crippen LogP contribution in [0.1, 0.15) is 12.8 Å². The Bertz CT molecular complexity index is 564. The van der Waals surface area contributed by atoms with Gasteiger partial charge < -0.3 is 4.90 Å². The van der Waals surface area contributed by atoms with Crippen LogP contribution in [0.25, 0.3) is 0 Å². The zero-order chi connectivity index (χ0) is 15.2. The monoisotopic (exact) mass is 364 g/mol. The molecule has 0 N–H and O–H groups in total. The fraction of sp³-hybridized carbons (Fsp3) is 0.533. The van der Waals surface area contributed by atoms with Crippen LogP contribution in [0.15, 0.2) is 35.3 Å². The molecule has 22 heavy (non-hydrogen) atoms. The van der Waals surface area contributed by atoms with Gasteiger partial charge in [0.15, 0.2) is 0 Å². The van der Waals surface area contributed by atoms with Crippen molar-refractivity contribution in [2.24, 2.45) is 0 Å². The number of hydrogen-bond donors (Lipinski definition) is 0. The third kappa shape index (κ3) is 4.27. The van der Waals surface area contributed by atoms with Crippen molar-refractivity contribution in [3.63, 3.8) is 0 Å². The molecule has 0 radical (unpaired) electrons. The predicted octanol–water partition coefficient (Wildman–Crippen LogP) is 2.04. The van der Waals surface area contributed by atoms with Crippen molar-refractivity contribution in [3.8, 4) is 0 Å². The van der Waals surface area contributed by atoms with E-state index >= 15 is 0 Å². The maximum atomic E-state index is 4.32. The molecule has 1 fully saturated rings. The van der Waals surface area contributed by atoms with E-state index in [2.05, 4.69) is 40.8 Å². The van der Waals surface area contributed by atoms with E-state index in [0.717, 1.165) is 56.1 Å². The van der Waals surface area contributed by atoms with E-state index in [-0.39, 0.29) is 0 Å². The quantitative estimate of drug-likeness (QED) is 0.734. The molecule has 3 rings (SSSR count). The van der Waals surface area contributed by atoms with E-state index in [4.69, 9.17) is 0 Å². The molecule has 0 saturated carbocycles. The topological polar surface area (TPSA) is 50.1 Å². The largest absolute Gasteiger partial charge is 0.338 e. The van der Waals surface area contributed by atoms with Gasteiger partial charge in [0.2, 0.25) is 5.95 Å². The van der Waals surface area contributed by atoms with E-state index in [0.29, 0.717) is 0 Å². The molecule has 1 aliphatic rings. The Hall–Kier alpha value is -1.47. The number of piperazine rings is 1. The summed E-state index contributed by atoms with van der Waals surface area (Å²) >= 11 is 3.42. The van der Waals surface area contributed by atoms with Gasteiger partial charge in [0, 0.05) is 51.3 Å². The molecule has 0 aromatic carbocycles. The first-order chi connectivity index (χ1) is 10.8. The average Bonchev–Trinajstić information content (AvgIpc) is 2.98. The summed E-state index contributed by atoms with van der Waals surface area (Å²) in [6.07, 6.45) is 9.85. The minimum atomic E-state index is 0.853. The van der Waals surface area contributed by atoms with E-state index in [1.807, 2.05) is 35.5 Å². The molecule has 0 bridgehead atoms. The van der Waals surface area contributed by atoms with Gasteiger partial charge in [0.1, 0.15) is 0 Å². The van der Waals surface area contributed by atoms with Crippen LogP contribution in [0.5, 0.6) is 0 Å². The highest BCUT2D eigenvalue weighted by atomic mass is 79.9. The predicted molar refractivity (Wildman–Crippen MR) is 89.8 cm³/mol. The normalized spacial score (nSPS) is 16.1. The lowest BCUT2D eigenvalue weighted by atomic mass is 10.2. The minimum absolute atomic E-state index is 0.853. The molecule has 6 nitrogen and oxygen atoms in total. The van der Waals surface area contributed by atoms with E-state index in [9.17, 15) is 0 Å². The first-order valence-electron chi connectivity index (χ1n) is 7.73. The fourth-order valence-electron chi connectivity index (χ4n) is 2.70. The first-order valence-corrected chi connectivity index (χ1v) is 8.53. The number of rotatable bonds is 6. The molecular formula is C15H21BrN6. The summed E-state index contributed by atoms with van der Waals surface area (Å²) in [5, 5.41) is 4.28. The second-order valence-electron chi connectivity index (χ2n) is 5.51. The minimum Gasteiger partial charge on any atom is -0.338 e. The number of nitrogens with zero attached hydrogens (tertiary/aromatic N) is 6. The van der Waals surface area contributed by atoms with Crippen LogP contribution < -0.4 is 4.90 Å². The molecular weight excluding hydrogens is 344 g/mol. The van der Waals surface area contributed by atoms with Crippen LogP contribution in [-0.2, 0) is 6.54 Å². The second kappa shape index (κ2) is 7.69. The highest BCUT2D eigenvalue weighted by Crippen LogP contribution is 2.11. The molecule has 118 valence electrons. The van der Waals surface area contributed by atoms with Crippen molar-refractivity contribution in [1.29, 1.82) is 0 Å². The van der Waals surface area contributed by atoms with E-state index < -0.39 is 0 Å². The Kier molecular flexibility index (Phi) is 5.39. The summed E-state index contributed by atoms with van der Waals surface area (Å²) < 4.78 is 3.04. The number of hydrogen-bond acceptors (Lipinski definition) is 5. The molecule has 7 heteroatoms. The highest BCUT2D eigenvalue weighted by molar-refractivity contribution is 9.10. The zero-order valence-electron chi connectivity index (χ0n) is 12.6. The summed E-state index contributed by atoms with van der Waals surface area (Å²) in [4.78, 5) is 13.4. The smallest absolute Gasteiger partial charge is 0.225 e. The second-order valence-corrected chi connectivity index (χ2v) is 6.42. The third-order valence-corrected chi connectivity index (χ3v) is 4.33. The molecule has 3 heterocycles. The van der Waals surface area contributed by atoms with Crippen molar-refractivity contribution in [2.45, 2.75) is 19.4 Å². The van der Waals surface area contributed by atoms with Crippen molar-refractivity contribution in [3.05, 3.63) is 35.3 Å². The molecule has 0 spiro atoms. The Balaban J connectivity index is 1.34. The molecule has 1 aliphatic heterocycles. The van der Waals surface area contributed by atoms with Crippen LogP contribution in [0.2, 0.25) is 0 Å². The number of anilines is 1. The van der Waals surface area contributed by atoms with Crippen molar-refractivity contribution >= 4 is 21.9 Å². The van der Waals surface area contributed by atoms with Crippen LogP contribution >= 0.6 is 15.9 Å². The van der Waals surface area contributed by atoms with Gasteiger partial charge in [-0.05, 0) is 41.4 Å². The van der Waals surface area contributed by atoms with Crippen LogP contribution in [-0.4, -0.2) is 57.4 Å². The Morgan fingerprint density at radius 2 is 1.73 bits per heavy atom. The molecule has 0 unspecified atom stereocenters. The molecule has 2 aromatic rings. The van der Waals surface area contributed by atoms with Crippen molar-refractivity contribution in [2.75, 3.05) is 37.6 Å². The first kappa shape index (κ1) is 15.4. The van der Waals surface area contributed by atoms with Crippen LogP contribution in [0.3, 0.4) is 0 Å². The van der Waals surface area contributed by atoms with Crippen LogP contribution in [0.4, 0.5) is 5.95 Å². The molecule has 2 aromatic heterocycles. The summed E-state index contributed by atoms with van der Waals surface area (Å²) in [6, 6.07) is 1.86. The summed E-state index contributed by atoms with van der Waals surface area (Å²) in [6.45, 7) is 6.35. The third-order valence-electron chi connectivity index (χ3n) is 3.92. The van der Waals surface area contributed by atoms with Gasteiger partial charge in [-0.25, -0.2) is 9.97 Å². The van der Waals surface area contributed by atoms with Gasteiger partial charge in [-0.1, -0.05) is 0 Å². The van der Waals surface area contributed by atoms with Gasteiger partial charge in [0.25, 0.3) is 0 Å². The van der Waals surface area contributed by atoms with Crippen molar-refractivity contribution < 1.29 is 0 Å². The lowest BCUT2D eigenvalue weighted by Gasteiger charge is -2.34. The maximum Gasteiger partial charge on any atom is 0.225 e. The molecule has 0 aliphatic carbocycles. The molecule has 0 atom stereocenters. The van der Waals surface area contributed by atoms with Gasteiger partial charge in [-0.3, -0.25) is 9.58 Å². The SMILES string of the molecule is Brc1cnn(CCCCN2CCN(c3ncccn3)CC2)c1. The maximum absolute atomic E-state index is 4.32. The number of halogens is 1. The summed E-state index contributed by atoms with van der Waals surface area (Å²) in [5.74, 6) is 0.853. The van der Waals surface area contributed by atoms with E-state index in [1.165, 1.54) is 6.42 Å². The van der Waals surface area contributed by atoms with Gasteiger partial charge in [-0.2, -0.15) is 5.10 Å². The zero-order valence-corrected chi connectivity index (χ0v) is 14.2. The number of unbranched alkanes of at least 4 members (excludes halogenated alkanes) is 1. The number of aryl methyl sites for hydroxylation is 1. The lowest BCUT2D eigenvalue weighted by molar-refractivity contribution is 0.249.